The van der Waals surface area contributed by atoms with Crippen LogP contribution in [0.1, 0.15) is 63.1 Å². The van der Waals surface area contributed by atoms with Crippen LogP contribution in [0.25, 0.3) is 15.3 Å². The number of Topliss-reactive ketones (excluding diaryl/α,β-unsaturated/α-hetero) is 1. The molecule has 0 saturated heterocycles. The Morgan fingerprint density at radius 1 is 1.19 bits per heavy atom. The number of nitrogens with one attached hydrogen (secondary N) is 1. The monoisotopic (exact) mass is 444 g/mol. The number of carbonyl (C=O) groups excluding carboxylic acids is 1. The van der Waals surface area contributed by atoms with Crippen molar-refractivity contribution in [2.45, 2.75) is 58.8 Å². The first-order valence-corrected chi connectivity index (χ1v) is 12.4. The van der Waals surface area contributed by atoms with Crippen molar-refractivity contribution in [2.75, 3.05) is 5.32 Å². The lowest BCUT2D eigenvalue weighted by atomic mass is 9.66. The van der Waals surface area contributed by atoms with Crippen LogP contribution in [0.2, 0.25) is 0 Å². The number of carbonyl (C=O) groups is 1. The lowest BCUT2D eigenvalue weighted by Crippen LogP contribution is -2.36. The summed E-state index contributed by atoms with van der Waals surface area (Å²) in [5, 5.41) is 9.53. The second-order valence-corrected chi connectivity index (χ2v) is 11.2. The molecule has 32 heavy (non-hydrogen) atoms. The Balaban J connectivity index is 1.54. The van der Waals surface area contributed by atoms with Gasteiger partial charge in [-0.05, 0) is 56.1 Å². The van der Waals surface area contributed by atoms with E-state index in [2.05, 4.69) is 44.3 Å². The highest BCUT2D eigenvalue weighted by Gasteiger charge is 2.45. The SMILES string of the molecule is Cc1nn(-c2nc3ccccc3s2)c2c1[C@H]([C@H]1CC=CCC1)C1=C(CC(C)(C)CC1=O)N2. The summed E-state index contributed by atoms with van der Waals surface area (Å²) in [4.78, 5) is 18.3. The maximum absolute atomic E-state index is 13.5. The highest BCUT2D eigenvalue weighted by molar-refractivity contribution is 7.20. The summed E-state index contributed by atoms with van der Waals surface area (Å²) >= 11 is 1.66. The summed E-state index contributed by atoms with van der Waals surface area (Å²) < 4.78 is 3.14. The lowest BCUT2D eigenvalue weighted by molar-refractivity contribution is -0.118. The smallest absolute Gasteiger partial charge is 0.213 e. The van der Waals surface area contributed by atoms with Gasteiger partial charge in [0.2, 0.25) is 5.13 Å². The molecule has 3 aromatic rings. The number of rotatable bonds is 2. The van der Waals surface area contributed by atoms with E-state index in [1.54, 1.807) is 11.3 Å². The van der Waals surface area contributed by atoms with Gasteiger partial charge in [0.25, 0.3) is 0 Å². The van der Waals surface area contributed by atoms with E-state index < -0.39 is 0 Å². The van der Waals surface area contributed by atoms with Crippen LogP contribution in [0.5, 0.6) is 0 Å². The molecule has 0 radical (unpaired) electrons. The molecule has 3 aliphatic rings. The molecule has 1 N–H and O–H groups in total. The van der Waals surface area contributed by atoms with Gasteiger partial charge in [0.15, 0.2) is 5.78 Å². The number of benzene rings is 1. The Bertz CT molecular complexity index is 1280. The molecule has 6 heteroatoms. The van der Waals surface area contributed by atoms with Crippen LogP contribution in [0.4, 0.5) is 5.82 Å². The van der Waals surface area contributed by atoms with Crippen LogP contribution >= 0.6 is 11.3 Å². The van der Waals surface area contributed by atoms with Crippen molar-refractivity contribution in [1.82, 2.24) is 14.8 Å². The van der Waals surface area contributed by atoms with Gasteiger partial charge in [-0.2, -0.15) is 9.78 Å². The normalized spacial score (nSPS) is 24.4. The zero-order valence-corrected chi connectivity index (χ0v) is 19.6. The Kier molecular flexibility index (Phi) is 4.44. The second-order valence-electron chi connectivity index (χ2n) is 10.2. The standard InChI is InChI=1S/C26H28N4OS/c1-15-21-22(16-9-5-4-6-10-16)23-18(13-26(2,3)14-19(23)31)27-24(21)30(29-15)25-28-17-11-7-8-12-20(17)32-25/h4-5,7-8,11-12,16,22,27H,6,9-10,13-14H2,1-3H3/t16-,22-/m0/s1. The Hall–Kier alpha value is -2.73. The van der Waals surface area contributed by atoms with E-state index >= 15 is 0 Å². The quantitative estimate of drug-likeness (QED) is 0.471. The fraction of sp³-hybridized carbons (Fsp3) is 0.423. The number of hydrogen-bond acceptors (Lipinski definition) is 5. The highest BCUT2D eigenvalue weighted by atomic mass is 32.1. The van der Waals surface area contributed by atoms with E-state index in [-0.39, 0.29) is 11.3 Å². The number of anilines is 1. The van der Waals surface area contributed by atoms with E-state index in [0.717, 1.165) is 63.8 Å². The maximum atomic E-state index is 13.5. The molecule has 2 aromatic heterocycles. The van der Waals surface area contributed by atoms with Crippen LogP contribution in [-0.4, -0.2) is 20.5 Å². The van der Waals surface area contributed by atoms with E-state index in [1.807, 2.05) is 22.9 Å². The van der Waals surface area contributed by atoms with Gasteiger partial charge in [0, 0.05) is 29.2 Å². The molecule has 5 nitrogen and oxygen atoms in total. The van der Waals surface area contributed by atoms with Crippen molar-refractivity contribution in [3.05, 3.63) is 58.9 Å². The topological polar surface area (TPSA) is 59.8 Å². The Labute approximate surface area is 192 Å². The third kappa shape index (κ3) is 3.07. The predicted octanol–water partition coefficient (Wildman–Crippen LogP) is 6.30. The number of fused-ring (bicyclic) bond motifs is 2. The van der Waals surface area contributed by atoms with Gasteiger partial charge in [-0.25, -0.2) is 4.98 Å². The molecule has 3 heterocycles. The third-order valence-corrected chi connectivity index (χ3v) is 8.17. The number of para-hydroxylation sites is 1. The number of hydrogen-bond donors (Lipinski definition) is 1. The minimum Gasteiger partial charge on any atom is -0.343 e. The fourth-order valence-corrected chi connectivity index (χ4v) is 6.73. The summed E-state index contributed by atoms with van der Waals surface area (Å²) in [5.74, 6) is 1.85. The van der Waals surface area contributed by atoms with Crippen molar-refractivity contribution < 1.29 is 4.79 Å². The molecule has 164 valence electrons. The average Bonchev–Trinajstić information content (AvgIpc) is 3.33. The molecule has 0 spiro atoms. The van der Waals surface area contributed by atoms with Gasteiger partial charge in [-0.15, -0.1) is 0 Å². The van der Waals surface area contributed by atoms with Crippen LogP contribution in [0, 0.1) is 18.3 Å². The van der Waals surface area contributed by atoms with Crippen LogP contribution in [-0.2, 0) is 4.79 Å². The molecule has 0 unspecified atom stereocenters. The maximum Gasteiger partial charge on any atom is 0.213 e. The number of nitrogens with zero attached hydrogens (tertiary/aromatic N) is 3. The van der Waals surface area contributed by atoms with Gasteiger partial charge < -0.3 is 5.32 Å². The lowest BCUT2D eigenvalue weighted by Gasteiger charge is -2.41. The van der Waals surface area contributed by atoms with Crippen molar-refractivity contribution in [3.8, 4) is 5.13 Å². The van der Waals surface area contributed by atoms with Crippen LogP contribution in [0.3, 0.4) is 0 Å². The summed E-state index contributed by atoms with van der Waals surface area (Å²) in [7, 11) is 0. The first-order valence-electron chi connectivity index (χ1n) is 11.5. The Morgan fingerprint density at radius 2 is 2.03 bits per heavy atom. The molecule has 6 rings (SSSR count). The molecule has 0 fully saturated rings. The number of allylic oxidation sites excluding steroid dienone is 4. The molecule has 0 amide bonds. The van der Waals surface area contributed by atoms with Crippen molar-refractivity contribution in [1.29, 1.82) is 0 Å². The molecule has 0 saturated carbocycles. The first-order chi connectivity index (χ1) is 15.4. The summed E-state index contributed by atoms with van der Waals surface area (Å²) in [5.41, 5.74) is 5.26. The van der Waals surface area contributed by atoms with Crippen molar-refractivity contribution in [3.63, 3.8) is 0 Å². The van der Waals surface area contributed by atoms with Gasteiger partial charge in [-0.1, -0.05) is 49.5 Å². The predicted molar refractivity (Wildman–Crippen MR) is 129 cm³/mol. The fourth-order valence-electron chi connectivity index (χ4n) is 5.81. The zero-order valence-electron chi connectivity index (χ0n) is 18.8. The molecular weight excluding hydrogens is 416 g/mol. The number of ketones is 1. The molecule has 2 aliphatic carbocycles. The molecule has 0 bridgehead atoms. The second kappa shape index (κ2) is 7.14. The van der Waals surface area contributed by atoms with E-state index in [0.29, 0.717) is 18.1 Å². The van der Waals surface area contributed by atoms with Crippen LogP contribution in [0.15, 0.2) is 47.7 Å². The highest BCUT2D eigenvalue weighted by Crippen LogP contribution is 2.52. The van der Waals surface area contributed by atoms with Crippen molar-refractivity contribution >= 4 is 33.2 Å². The summed E-state index contributed by atoms with van der Waals surface area (Å²) in [6, 6.07) is 8.22. The van der Waals surface area contributed by atoms with Crippen molar-refractivity contribution in [2.24, 2.45) is 11.3 Å². The number of aryl methyl sites for hydroxylation is 1. The van der Waals surface area contributed by atoms with Gasteiger partial charge in [0.05, 0.1) is 15.9 Å². The summed E-state index contributed by atoms with van der Waals surface area (Å²) in [6.45, 7) is 6.47. The van der Waals surface area contributed by atoms with Crippen LogP contribution < -0.4 is 5.32 Å². The zero-order chi connectivity index (χ0) is 22.0. The third-order valence-electron chi connectivity index (χ3n) is 7.16. The first kappa shape index (κ1) is 19.9. The molecule has 2 atom stereocenters. The minimum atomic E-state index is -0.0345. The van der Waals surface area contributed by atoms with E-state index in [9.17, 15) is 4.79 Å². The van der Waals surface area contributed by atoms with Gasteiger partial charge >= 0.3 is 0 Å². The average molecular weight is 445 g/mol. The molecular formula is C26H28N4OS. The summed E-state index contributed by atoms with van der Waals surface area (Å²) in [6.07, 6.45) is 9.28. The van der Waals surface area contributed by atoms with Gasteiger partial charge in [-0.3, -0.25) is 4.79 Å². The largest absolute Gasteiger partial charge is 0.343 e. The minimum absolute atomic E-state index is 0.0345. The molecule has 1 aromatic carbocycles. The number of thiazole rings is 1. The number of aromatic nitrogens is 3. The van der Waals surface area contributed by atoms with Gasteiger partial charge in [0.1, 0.15) is 5.82 Å². The Morgan fingerprint density at radius 3 is 2.81 bits per heavy atom. The van der Waals surface area contributed by atoms with E-state index in [1.165, 1.54) is 5.56 Å². The molecule has 1 aliphatic heterocycles. The van der Waals surface area contributed by atoms with E-state index in [4.69, 9.17) is 10.1 Å².